The molecule has 3 N–H and O–H groups in total. The molecule has 9 heteroatoms. The van der Waals surface area contributed by atoms with E-state index in [1.54, 1.807) is 18.3 Å². The van der Waals surface area contributed by atoms with Gasteiger partial charge in [0.05, 0.1) is 16.4 Å². The molecule has 1 aromatic carbocycles. The predicted octanol–water partition coefficient (Wildman–Crippen LogP) is 2.66. The average molecular weight is 417 g/mol. The van der Waals surface area contributed by atoms with Gasteiger partial charge in [0.1, 0.15) is 11.4 Å². The average Bonchev–Trinajstić information content (AvgIpc) is 2.72. The van der Waals surface area contributed by atoms with Crippen LogP contribution in [0.4, 0.5) is 11.4 Å². The van der Waals surface area contributed by atoms with Gasteiger partial charge in [-0.05, 0) is 42.5 Å². The van der Waals surface area contributed by atoms with Gasteiger partial charge in [-0.1, -0.05) is 11.6 Å². The van der Waals surface area contributed by atoms with Crippen LogP contribution in [0, 0.1) is 0 Å². The Morgan fingerprint density at radius 3 is 2.71 bits per heavy atom. The van der Waals surface area contributed by atoms with E-state index in [1.165, 1.54) is 0 Å². The highest BCUT2D eigenvalue weighted by molar-refractivity contribution is 7.80. The number of aromatic nitrogens is 1. The molecule has 0 saturated carbocycles. The maximum atomic E-state index is 9.43. The lowest BCUT2D eigenvalue weighted by Gasteiger charge is -2.37. The third-order valence-corrected chi connectivity index (χ3v) is 5.43. The highest BCUT2D eigenvalue weighted by Crippen LogP contribution is 2.23. The number of fused-ring (bicyclic) bond motifs is 1. The van der Waals surface area contributed by atoms with Gasteiger partial charge in [-0.3, -0.25) is 10.4 Å². The van der Waals surface area contributed by atoms with Crippen molar-refractivity contribution in [3.63, 3.8) is 0 Å². The number of hydrogen-bond donors (Lipinski definition) is 3. The summed E-state index contributed by atoms with van der Waals surface area (Å²) in [7, 11) is 0. The molecule has 1 saturated heterocycles. The van der Waals surface area contributed by atoms with Crippen molar-refractivity contribution in [2.75, 3.05) is 42.9 Å². The van der Waals surface area contributed by atoms with Gasteiger partial charge in [0, 0.05) is 51.0 Å². The van der Waals surface area contributed by atoms with Crippen molar-refractivity contribution in [3.05, 3.63) is 47.2 Å². The molecule has 146 valence electrons. The Hall–Kier alpha value is -2.58. The number of hydrogen-bond acceptors (Lipinski definition) is 6. The largest absolute Gasteiger partial charge is 0.508 e. The molecule has 0 unspecified atom stereocenters. The second kappa shape index (κ2) is 8.20. The molecule has 0 spiro atoms. The zero-order chi connectivity index (χ0) is 19.5. The number of aromatic hydroxyl groups is 1. The van der Waals surface area contributed by atoms with E-state index in [-0.39, 0.29) is 5.75 Å². The molecule has 4 rings (SSSR count). The first-order chi connectivity index (χ1) is 13.6. The number of thiocarbonyl (C=S) groups is 1. The first kappa shape index (κ1) is 18.8. The van der Waals surface area contributed by atoms with Gasteiger partial charge in [-0.2, -0.15) is 5.10 Å². The summed E-state index contributed by atoms with van der Waals surface area (Å²) in [5, 5.41) is 18.5. The van der Waals surface area contributed by atoms with E-state index < -0.39 is 0 Å². The molecule has 0 amide bonds. The number of phenolic OH excluding ortho intramolecular Hbond substituents is 1. The zero-order valence-electron chi connectivity index (χ0n) is 15.2. The van der Waals surface area contributed by atoms with Crippen LogP contribution in [-0.4, -0.2) is 58.5 Å². The maximum absolute atomic E-state index is 9.43. The van der Waals surface area contributed by atoms with Crippen LogP contribution in [0.2, 0.25) is 5.02 Å². The van der Waals surface area contributed by atoms with Crippen molar-refractivity contribution >= 4 is 46.0 Å². The Kier molecular flexibility index (Phi) is 5.50. The monoisotopic (exact) mass is 416 g/mol. The van der Waals surface area contributed by atoms with E-state index in [0.29, 0.717) is 10.1 Å². The van der Waals surface area contributed by atoms with Crippen molar-refractivity contribution in [1.82, 2.24) is 15.3 Å². The summed E-state index contributed by atoms with van der Waals surface area (Å²) in [4.78, 5) is 8.79. The second-order valence-electron chi connectivity index (χ2n) is 6.69. The van der Waals surface area contributed by atoms with Gasteiger partial charge in [-0.25, -0.2) is 0 Å². The standard InChI is InChI=1S/C19H21ClN6OS/c20-13-11-17-18(22-12-13)16(5-6-21-17)23-24-19(28)26-9-7-25(8-10-26)14-1-3-15(27)4-2-14/h1-4,11-12,21,27H,5-10H2,(H,24,28)/b23-16-. The predicted molar refractivity (Wildman–Crippen MR) is 117 cm³/mol. The molecule has 0 atom stereocenters. The quantitative estimate of drug-likeness (QED) is 0.513. The van der Waals surface area contributed by atoms with Crippen molar-refractivity contribution in [2.24, 2.45) is 5.10 Å². The van der Waals surface area contributed by atoms with Gasteiger partial charge in [0.2, 0.25) is 0 Å². The van der Waals surface area contributed by atoms with Crippen LogP contribution in [0.15, 0.2) is 41.6 Å². The molecule has 3 heterocycles. The van der Waals surface area contributed by atoms with Crippen LogP contribution < -0.4 is 15.6 Å². The second-order valence-corrected chi connectivity index (χ2v) is 7.52. The summed E-state index contributed by atoms with van der Waals surface area (Å²) in [6.45, 7) is 4.12. The van der Waals surface area contributed by atoms with Crippen molar-refractivity contribution in [2.45, 2.75) is 6.42 Å². The normalized spacial score (nSPS) is 17.8. The van der Waals surface area contributed by atoms with E-state index in [0.717, 1.165) is 61.9 Å². The van der Waals surface area contributed by atoms with E-state index in [1.807, 2.05) is 18.2 Å². The summed E-state index contributed by atoms with van der Waals surface area (Å²) in [6.07, 6.45) is 2.40. The number of benzene rings is 1. The Labute approximate surface area is 174 Å². The number of nitrogens with one attached hydrogen (secondary N) is 2. The molecule has 0 bridgehead atoms. The van der Waals surface area contributed by atoms with Crippen molar-refractivity contribution in [3.8, 4) is 5.75 Å². The van der Waals surface area contributed by atoms with Gasteiger partial charge in [-0.15, -0.1) is 0 Å². The van der Waals surface area contributed by atoms with E-state index in [9.17, 15) is 5.11 Å². The fourth-order valence-corrected chi connectivity index (χ4v) is 3.75. The van der Waals surface area contributed by atoms with Crippen LogP contribution in [0.3, 0.4) is 0 Å². The summed E-state index contributed by atoms with van der Waals surface area (Å²) >= 11 is 11.5. The third kappa shape index (κ3) is 4.13. The highest BCUT2D eigenvalue weighted by atomic mass is 35.5. The minimum atomic E-state index is 0.281. The number of piperazine rings is 1. The lowest BCUT2D eigenvalue weighted by Crippen LogP contribution is -2.51. The van der Waals surface area contributed by atoms with E-state index >= 15 is 0 Å². The molecular formula is C19H21ClN6OS. The first-order valence-electron chi connectivity index (χ1n) is 9.15. The van der Waals surface area contributed by atoms with E-state index in [2.05, 4.69) is 30.6 Å². The van der Waals surface area contributed by atoms with Gasteiger partial charge in [0.25, 0.3) is 0 Å². The molecule has 7 nitrogen and oxygen atoms in total. The number of nitrogens with zero attached hydrogens (tertiary/aromatic N) is 4. The van der Waals surface area contributed by atoms with Gasteiger partial charge >= 0.3 is 0 Å². The summed E-state index contributed by atoms with van der Waals surface area (Å²) < 4.78 is 0. The van der Waals surface area contributed by atoms with Crippen LogP contribution in [0.5, 0.6) is 5.75 Å². The molecule has 1 aromatic heterocycles. The number of hydrazone groups is 1. The number of anilines is 2. The fourth-order valence-electron chi connectivity index (χ4n) is 3.36. The van der Waals surface area contributed by atoms with E-state index in [4.69, 9.17) is 23.8 Å². The minimum Gasteiger partial charge on any atom is -0.508 e. The lowest BCUT2D eigenvalue weighted by molar-refractivity contribution is 0.381. The molecule has 2 aromatic rings. The summed E-state index contributed by atoms with van der Waals surface area (Å²) in [6, 6.07) is 9.15. The molecule has 0 aliphatic carbocycles. The van der Waals surface area contributed by atoms with Crippen LogP contribution in [0.25, 0.3) is 0 Å². The van der Waals surface area contributed by atoms with Gasteiger partial charge < -0.3 is 20.2 Å². The highest BCUT2D eigenvalue weighted by Gasteiger charge is 2.20. The van der Waals surface area contributed by atoms with Gasteiger partial charge in [0.15, 0.2) is 5.11 Å². The SMILES string of the molecule is Oc1ccc(N2CCN(C(=S)N/N=C3/CCNc4cc(Cl)cnc43)CC2)cc1. The minimum absolute atomic E-state index is 0.281. The molecule has 1 fully saturated rings. The van der Waals surface area contributed by atoms with Crippen LogP contribution in [-0.2, 0) is 0 Å². The summed E-state index contributed by atoms with van der Waals surface area (Å²) in [5.74, 6) is 0.281. The van der Waals surface area contributed by atoms with Crippen LogP contribution >= 0.6 is 23.8 Å². The number of rotatable bonds is 2. The molecule has 2 aliphatic heterocycles. The topological polar surface area (TPSA) is 76.0 Å². The number of phenols is 1. The summed E-state index contributed by atoms with van der Waals surface area (Å²) in [5.41, 5.74) is 6.71. The molecule has 2 aliphatic rings. The fraction of sp³-hybridized carbons (Fsp3) is 0.316. The Bertz CT molecular complexity index is 896. The first-order valence-corrected chi connectivity index (χ1v) is 9.94. The number of halogens is 1. The Balaban J connectivity index is 1.35. The smallest absolute Gasteiger partial charge is 0.189 e. The Morgan fingerprint density at radius 1 is 1.21 bits per heavy atom. The zero-order valence-corrected chi connectivity index (χ0v) is 16.8. The Morgan fingerprint density at radius 2 is 1.96 bits per heavy atom. The molecule has 28 heavy (non-hydrogen) atoms. The third-order valence-electron chi connectivity index (χ3n) is 4.87. The van der Waals surface area contributed by atoms with Crippen molar-refractivity contribution < 1.29 is 5.11 Å². The lowest BCUT2D eigenvalue weighted by atomic mass is 10.1. The maximum Gasteiger partial charge on any atom is 0.189 e. The van der Waals surface area contributed by atoms with Crippen molar-refractivity contribution in [1.29, 1.82) is 0 Å². The number of pyridine rings is 1. The van der Waals surface area contributed by atoms with Crippen LogP contribution in [0.1, 0.15) is 12.1 Å². The molecule has 0 radical (unpaired) electrons. The molecular weight excluding hydrogens is 396 g/mol.